The number of nitrogens with one attached hydrogen (secondary N) is 1. The van der Waals surface area contributed by atoms with E-state index >= 15 is 0 Å². The van der Waals surface area contributed by atoms with E-state index in [-0.39, 0.29) is 6.42 Å². The fourth-order valence-corrected chi connectivity index (χ4v) is 3.48. The van der Waals surface area contributed by atoms with Gasteiger partial charge in [0.05, 0.1) is 30.8 Å². The van der Waals surface area contributed by atoms with Crippen LogP contribution >= 0.6 is 23.2 Å². The first-order valence-electron chi connectivity index (χ1n) is 7.69. The molecule has 2 heterocycles. The minimum atomic E-state index is -0.590. The van der Waals surface area contributed by atoms with Crippen molar-refractivity contribution in [3.8, 4) is 0 Å². The molecule has 0 saturated heterocycles. The second kappa shape index (κ2) is 7.01. The van der Waals surface area contributed by atoms with Crippen LogP contribution in [0.2, 0.25) is 10.0 Å². The van der Waals surface area contributed by atoms with Crippen LogP contribution in [0.5, 0.6) is 0 Å². The maximum Gasteiger partial charge on any atom is 0.311 e. The second-order valence-electron chi connectivity index (χ2n) is 5.81. The number of imidazole rings is 1. The highest BCUT2D eigenvalue weighted by molar-refractivity contribution is 6.35. The average molecular weight is 395 g/mol. The zero-order valence-corrected chi connectivity index (χ0v) is 15.6. The number of rotatable bonds is 4. The van der Waals surface area contributed by atoms with Gasteiger partial charge < -0.3 is 20.4 Å². The summed E-state index contributed by atoms with van der Waals surface area (Å²) in [6, 6.07) is 4.43. The summed E-state index contributed by atoms with van der Waals surface area (Å²) in [4.78, 5) is 28.1. The van der Waals surface area contributed by atoms with Gasteiger partial charge in [0.25, 0.3) is 0 Å². The van der Waals surface area contributed by atoms with Gasteiger partial charge in [0.1, 0.15) is 0 Å². The molecule has 136 valence electrons. The van der Waals surface area contributed by atoms with Crippen LogP contribution in [0.1, 0.15) is 24.2 Å². The van der Waals surface area contributed by atoms with Crippen molar-refractivity contribution in [1.29, 1.82) is 0 Å². The van der Waals surface area contributed by atoms with Gasteiger partial charge in [-0.1, -0.05) is 29.3 Å². The summed E-state index contributed by atoms with van der Waals surface area (Å²) >= 11 is 12.4. The molecule has 0 spiro atoms. The average Bonchev–Trinajstić information content (AvgIpc) is 2.95. The number of methoxy groups -OCH3 is 1. The van der Waals surface area contributed by atoms with Gasteiger partial charge in [0, 0.05) is 21.9 Å². The smallest absolute Gasteiger partial charge is 0.311 e. The largest absolute Gasteiger partial charge is 0.469 e. The number of esters is 1. The van der Waals surface area contributed by atoms with Crippen LogP contribution in [0.3, 0.4) is 0 Å². The Morgan fingerprint density at radius 2 is 2.12 bits per heavy atom. The van der Waals surface area contributed by atoms with Gasteiger partial charge in [-0.15, -0.1) is 0 Å². The van der Waals surface area contributed by atoms with Crippen LogP contribution in [0.4, 0.5) is 5.95 Å². The van der Waals surface area contributed by atoms with Gasteiger partial charge in [-0.05, 0) is 24.6 Å². The number of benzene rings is 1. The number of anilines is 1. The molecule has 9 heteroatoms. The molecular formula is C17H16Cl2N4O3. The third-order valence-electron chi connectivity index (χ3n) is 4.11. The molecule has 0 aliphatic carbocycles. The van der Waals surface area contributed by atoms with Crippen molar-refractivity contribution in [3.63, 3.8) is 0 Å². The molecule has 0 fully saturated rings. The van der Waals surface area contributed by atoms with Gasteiger partial charge in [-0.2, -0.15) is 0 Å². The SMILES string of the molecule is COC(=O)Cc1cn2c(n1)NC(C)=C(C(N)=O)C2c1ccc(Cl)cc1Cl. The Labute approximate surface area is 159 Å². The van der Waals surface area contributed by atoms with E-state index in [1.54, 1.807) is 35.9 Å². The molecule has 1 amide bonds. The maximum absolute atomic E-state index is 12.1. The van der Waals surface area contributed by atoms with E-state index in [0.717, 1.165) is 0 Å². The molecule has 26 heavy (non-hydrogen) atoms. The molecule has 3 N–H and O–H groups in total. The molecule has 0 saturated carbocycles. The van der Waals surface area contributed by atoms with Gasteiger partial charge in [-0.3, -0.25) is 9.59 Å². The molecule has 3 rings (SSSR count). The number of nitrogens with zero attached hydrogens (tertiary/aromatic N) is 2. The molecule has 0 radical (unpaired) electrons. The number of hydrogen-bond acceptors (Lipinski definition) is 5. The summed E-state index contributed by atoms with van der Waals surface area (Å²) in [5.41, 5.74) is 7.68. The summed E-state index contributed by atoms with van der Waals surface area (Å²) in [7, 11) is 1.31. The fraction of sp³-hybridized carbons (Fsp3) is 0.235. The lowest BCUT2D eigenvalue weighted by Crippen LogP contribution is -2.31. The topological polar surface area (TPSA) is 99.2 Å². The number of nitrogens with two attached hydrogens (primary N) is 1. The Balaban J connectivity index is 2.15. The van der Waals surface area contributed by atoms with Crippen molar-refractivity contribution in [2.75, 3.05) is 12.4 Å². The summed E-state index contributed by atoms with van der Waals surface area (Å²) in [6.45, 7) is 1.73. The Morgan fingerprint density at radius 3 is 2.73 bits per heavy atom. The number of primary amides is 1. The number of halogens is 2. The van der Waals surface area contributed by atoms with Gasteiger partial charge >= 0.3 is 5.97 Å². The Morgan fingerprint density at radius 1 is 1.38 bits per heavy atom. The Hall–Kier alpha value is -2.51. The third kappa shape index (κ3) is 3.27. The van der Waals surface area contributed by atoms with E-state index in [2.05, 4.69) is 15.0 Å². The number of carbonyl (C=O) groups is 2. The highest BCUT2D eigenvalue weighted by atomic mass is 35.5. The molecule has 1 atom stereocenters. The second-order valence-corrected chi connectivity index (χ2v) is 6.66. The highest BCUT2D eigenvalue weighted by Crippen LogP contribution is 2.39. The minimum Gasteiger partial charge on any atom is -0.469 e. The zero-order valence-electron chi connectivity index (χ0n) is 14.0. The van der Waals surface area contributed by atoms with Crippen LogP contribution in [-0.2, 0) is 20.7 Å². The quantitative estimate of drug-likeness (QED) is 0.776. The molecule has 0 bridgehead atoms. The fourth-order valence-electron chi connectivity index (χ4n) is 2.97. The van der Waals surface area contributed by atoms with E-state index in [1.165, 1.54) is 7.11 Å². The van der Waals surface area contributed by atoms with Gasteiger partial charge in [0.15, 0.2) is 0 Å². The first-order chi connectivity index (χ1) is 12.3. The number of ether oxygens (including phenoxy) is 1. The van der Waals surface area contributed by atoms with Crippen molar-refractivity contribution >= 4 is 41.0 Å². The molecule has 1 aromatic carbocycles. The monoisotopic (exact) mass is 394 g/mol. The third-order valence-corrected chi connectivity index (χ3v) is 4.68. The predicted molar refractivity (Wildman–Crippen MR) is 98.1 cm³/mol. The van der Waals surface area contributed by atoms with Crippen molar-refractivity contribution in [3.05, 3.63) is 57.0 Å². The van der Waals surface area contributed by atoms with Crippen LogP contribution in [0.25, 0.3) is 0 Å². The van der Waals surface area contributed by atoms with E-state index in [0.29, 0.717) is 38.5 Å². The predicted octanol–water partition coefficient (Wildman–Crippen LogP) is 2.68. The number of allylic oxidation sites excluding steroid dienone is 1. The molecule has 2 aromatic rings. The first-order valence-corrected chi connectivity index (χ1v) is 8.44. The molecule has 1 aliphatic rings. The van der Waals surface area contributed by atoms with E-state index in [4.69, 9.17) is 28.9 Å². The number of fused-ring (bicyclic) bond motifs is 1. The summed E-state index contributed by atoms with van der Waals surface area (Å²) in [5.74, 6) is -0.524. The highest BCUT2D eigenvalue weighted by Gasteiger charge is 2.33. The van der Waals surface area contributed by atoms with Gasteiger partial charge in [-0.25, -0.2) is 4.98 Å². The van der Waals surface area contributed by atoms with Crippen molar-refractivity contribution in [1.82, 2.24) is 9.55 Å². The number of hydrogen-bond donors (Lipinski definition) is 2. The van der Waals surface area contributed by atoms with Crippen molar-refractivity contribution in [2.45, 2.75) is 19.4 Å². The van der Waals surface area contributed by atoms with E-state index in [1.807, 2.05) is 0 Å². The van der Waals surface area contributed by atoms with Crippen LogP contribution in [-0.4, -0.2) is 28.5 Å². The van der Waals surface area contributed by atoms with Crippen LogP contribution in [0, 0.1) is 0 Å². The molecule has 1 aliphatic heterocycles. The zero-order chi connectivity index (χ0) is 19.0. The number of aromatic nitrogens is 2. The maximum atomic E-state index is 12.1. The van der Waals surface area contributed by atoms with E-state index < -0.39 is 17.9 Å². The Bertz CT molecular complexity index is 936. The van der Waals surface area contributed by atoms with E-state index in [9.17, 15) is 9.59 Å². The van der Waals surface area contributed by atoms with Crippen LogP contribution < -0.4 is 11.1 Å². The summed E-state index contributed by atoms with van der Waals surface area (Å²) < 4.78 is 6.40. The molecule has 1 unspecified atom stereocenters. The first kappa shape index (κ1) is 18.3. The molecular weight excluding hydrogens is 379 g/mol. The lowest BCUT2D eigenvalue weighted by molar-refractivity contribution is -0.139. The van der Waals surface area contributed by atoms with Crippen molar-refractivity contribution in [2.24, 2.45) is 5.73 Å². The number of amides is 1. The van der Waals surface area contributed by atoms with Crippen molar-refractivity contribution < 1.29 is 14.3 Å². The Kier molecular flexibility index (Phi) is 4.93. The lowest BCUT2D eigenvalue weighted by Gasteiger charge is -2.29. The molecule has 1 aromatic heterocycles. The summed E-state index contributed by atoms with van der Waals surface area (Å²) in [6.07, 6.45) is 1.68. The number of carbonyl (C=O) groups excluding carboxylic acids is 2. The molecule has 7 nitrogen and oxygen atoms in total. The summed E-state index contributed by atoms with van der Waals surface area (Å²) in [5, 5.41) is 3.91. The lowest BCUT2D eigenvalue weighted by atomic mass is 9.95. The van der Waals surface area contributed by atoms with Gasteiger partial charge in [0.2, 0.25) is 11.9 Å². The van der Waals surface area contributed by atoms with Crippen LogP contribution in [0.15, 0.2) is 35.7 Å². The standard InChI is InChI=1S/C17H16Cl2N4O3/c1-8-14(16(20)25)15(11-4-3-9(18)5-12(11)19)23-7-10(6-13(24)26-2)22-17(23)21-8/h3-5,7,15H,6H2,1-2H3,(H2,20,25)(H,21,22). The minimum absolute atomic E-state index is 0.00417. The normalized spacial score (nSPS) is 16.1.